The fourth-order valence-electron chi connectivity index (χ4n) is 1.92. The summed E-state index contributed by atoms with van der Waals surface area (Å²) in [4.78, 5) is 0. The topological polar surface area (TPSA) is 43.8 Å². The van der Waals surface area contributed by atoms with Crippen molar-refractivity contribution in [2.24, 2.45) is 5.73 Å². The highest BCUT2D eigenvalue weighted by Gasteiger charge is 2.16. The van der Waals surface area contributed by atoms with E-state index in [4.69, 9.17) is 5.73 Å². The van der Waals surface area contributed by atoms with Crippen molar-refractivity contribution in [1.82, 2.24) is 9.78 Å². The Kier molecular flexibility index (Phi) is 4.80. The average Bonchev–Trinajstić information content (AvgIpc) is 2.46. The number of aromatic nitrogens is 2. The minimum absolute atomic E-state index is 0.233. The van der Waals surface area contributed by atoms with Crippen molar-refractivity contribution in [3.8, 4) is 0 Å². The van der Waals surface area contributed by atoms with E-state index in [-0.39, 0.29) is 6.04 Å². The molecule has 0 fully saturated rings. The van der Waals surface area contributed by atoms with E-state index in [1.807, 2.05) is 13.1 Å². The monoisotopic (exact) mass is 273 g/mol. The van der Waals surface area contributed by atoms with Crippen molar-refractivity contribution in [3.05, 3.63) is 16.4 Å². The highest BCUT2D eigenvalue weighted by Crippen LogP contribution is 2.27. The second-order valence-electron chi connectivity index (χ2n) is 4.21. The molecule has 0 aromatic carbocycles. The lowest BCUT2D eigenvalue weighted by atomic mass is 10.00. The van der Waals surface area contributed by atoms with Crippen LogP contribution in [0, 0.1) is 0 Å². The van der Waals surface area contributed by atoms with Crippen LogP contribution >= 0.6 is 15.9 Å². The molecule has 0 bridgehead atoms. The van der Waals surface area contributed by atoms with E-state index in [0.717, 1.165) is 23.9 Å². The van der Waals surface area contributed by atoms with Gasteiger partial charge in [-0.3, -0.25) is 4.68 Å². The third-order valence-corrected chi connectivity index (χ3v) is 3.07. The fraction of sp³-hybridized carbons (Fsp3) is 0.727. The number of nitrogens with two attached hydrogens (primary N) is 1. The van der Waals surface area contributed by atoms with Crippen molar-refractivity contribution in [1.29, 1.82) is 0 Å². The summed E-state index contributed by atoms with van der Waals surface area (Å²) < 4.78 is 3.18. The molecule has 2 atom stereocenters. The zero-order valence-electron chi connectivity index (χ0n) is 9.70. The van der Waals surface area contributed by atoms with Crippen LogP contribution in [0.2, 0.25) is 0 Å². The molecule has 86 valence electrons. The molecule has 1 aromatic heterocycles. The third kappa shape index (κ3) is 3.31. The first kappa shape index (κ1) is 12.7. The minimum atomic E-state index is 0.233. The van der Waals surface area contributed by atoms with Crippen molar-refractivity contribution < 1.29 is 0 Å². The fourth-order valence-corrected chi connectivity index (χ4v) is 2.61. The van der Waals surface area contributed by atoms with E-state index in [2.05, 4.69) is 39.6 Å². The molecule has 0 amide bonds. The van der Waals surface area contributed by atoms with Gasteiger partial charge in [0.05, 0.1) is 16.4 Å². The summed E-state index contributed by atoms with van der Waals surface area (Å²) in [6, 6.07) is 0.233. The molecule has 4 heteroatoms. The Hall–Kier alpha value is -0.350. The first-order valence-electron chi connectivity index (χ1n) is 5.53. The Bertz CT molecular complexity index is 307. The van der Waals surface area contributed by atoms with E-state index >= 15 is 0 Å². The molecule has 15 heavy (non-hydrogen) atoms. The normalized spacial score (nSPS) is 15.3. The Morgan fingerprint density at radius 3 is 2.73 bits per heavy atom. The Morgan fingerprint density at radius 2 is 2.20 bits per heavy atom. The van der Waals surface area contributed by atoms with Crippen LogP contribution in [0.1, 0.15) is 45.2 Å². The van der Waals surface area contributed by atoms with E-state index in [0.29, 0.717) is 5.92 Å². The zero-order valence-corrected chi connectivity index (χ0v) is 11.3. The van der Waals surface area contributed by atoms with Gasteiger partial charge in [0.1, 0.15) is 0 Å². The molecule has 3 nitrogen and oxygen atoms in total. The smallest absolute Gasteiger partial charge is 0.0635 e. The number of rotatable bonds is 5. The third-order valence-electron chi connectivity index (χ3n) is 2.46. The second kappa shape index (κ2) is 5.66. The lowest BCUT2D eigenvalue weighted by Gasteiger charge is -2.16. The first-order valence-corrected chi connectivity index (χ1v) is 6.32. The zero-order chi connectivity index (χ0) is 11.4. The summed E-state index contributed by atoms with van der Waals surface area (Å²) >= 11 is 3.55. The molecule has 0 aliphatic rings. The Balaban J connectivity index is 2.85. The van der Waals surface area contributed by atoms with Crippen LogP contribution in [-0.4, -0.2) is 15.8 Å². The van der Waals surface area contributed by atoms with Gasteiger partial charge in [-0.2, -0.15) is 5.10 Å². The molecule has 0 saturated heterocycles. The molecule has 1 heterocycles. The highest BCUT2D eigenvalue weighted by molar-refractivity contribution is 9.10. The van der Waals surface area contributed by atoms with Crippen molar-refractivity contribution >= 4 is 15.9 Å². The molecule has 0 saturated carbocycles. The molecular formula is C11H20BrN3. The van der Waals surface area contributed by atoms with Gasteiger partial charge in [0.25, 0.3) is 0 Å². The van der Waals surface area contributed by atoms with Crippen molar-refractivity contribution in [2.75, 3.05) is 0 Å². The maximum Gasteiger partial charge on any atom is 0.0635 e. The van der Waals surface area contributed by atoms with Crippen LogP contribution in [0.15, 0.2) is 10.7 Å². The van der Waals surface area contributed by atoms with Crippen LogP contribution in [-0.2, 0) is 6.54 Å². The van der Waals surface area contributed by atoms with Gasteiger partial charge >= 0.3 is 0 Å². The molecular weight excluding hydrogens is 254 g/mol. The summed E-state index contributed by atoms with van der Waals surface area (Å²) in [5.74, 6) is 0.452. The molecule has 0 spiro atoms. The number of aryl methyl sites for hydroxylation is 1. The molecule has 2 N–H and O–H groups in total. The maximum atomic E-state index is 5.83. The highest BCUT2D eigenvalue weighted by atomic mass is 79.9. The van der Waals surface area contributed by atoms with Crippen molar-refractivity contribution in [3.63, 3.8) is 0 Å². The van der Waals surface area contributed by atoms with Gasteiger partial charge in [-0.15, -0.1) is 0 Å². The second-order valence-corrected chi connectivity index (χ2v) is 5.07. The van der Waals surface area contributed by atoms with Gasteiger partial charge < -0.3 is 5.73 Å². The van der Waals surface area contributed by atoms with Crippen LogP contribution < -0.4 is 5.73 Å². The molecule has 0 radical (unpaired) electrons. The lowest BCUT2D eigenvalue weighted by molar-refractivity contribution is 0.508. The number of hydrogen-bond donors (Lipinski definition) is 1. The molecule has 0 aliphatic heterocycles. The van der Waals surface area contributed by atoms with Crippen LogP contribution in [0.4, 0.5) is 0 Å². The maximum absolute atomic E-state index is 5.83. The van der Waals surface area contributed by atoms with Crippen LogP contribution in [0.3, 0.4) is 0 Å². The first-order chi connectivity index (χ1) is 7.06. The quantitative estimate of drug-likeness (QED) is 0.897. The van der Waals surface area contributed by atoms with E-state index in [1.165, 1.54) is 5.69 Å². The lowest BCUT2D eigenvalue weighted by Crippen LogP contribution is -2.19. The van der Waals surface area contributed by atoms with Gasteiger partial charge in [0, 0.05) is 18.5 Å². The molecule has 2 unspecified atom stereocenters. The van der Waals surface area contributed by atoms with Gasteiger partial charge in [0.2, 0.25) is 0 Å². The largest absolute Gasteiger partial charge is 0.328 e. The summed E-state index contributed by atoms with van der Waals surface area (Å²) in [6.07, 6.45) is 3.97. The number of halogens is 1. The van der Waals surface area contributed by atoms with Gasteiger partial charge in [-0.05, 0) is 35.7 Å². The predicted molar refractivity (Wildman–Crippen MR) is 66.9 cm³/mol. The van der Waals surface area contributed by atoms with Crippen LogP contribution in [0.25, 0.3) is 0 Å². The molecule has 1 aromatic rings. The van der Waals surface area contributed by atoms with E-state index in [9.17, 15) is 0 Å². The summed E-state index contributed by atoms with van der Waals surface area (Å²) in [5.41, 5.74) is 7.10. The SMILES string of the molecule is CCCn1ncc(Br)c1C(C)CC(C)N. The van der Waals surface area contributed by atoms with Crippen molar-refractivity contribution in [2.45, 2.75) is 52.1 Å². The van der Waals surface area contributed by atoms with E-state index in [1.54, 1.807) is 0 Å². The number of hydrogen-bond acceptors (Lipinski definition) is 2. The van der Waals surface area contributed by atoms with Crippen LogP contribution in [0.5, 0.6) is 0 Å². The van der Waals surface area contributed by atoms with Gasteiger partial charge in [0.15, 0.2) is 0 Å². The summed E-state index contributed by atoms with van der Waals surface area (Å²) in [6.45, 7) is 7.39. The average molecular weight is 274 g/mol. The number of nitrogens with zero attached hydrogens (tertiary/aromatic N) is 2. The van der Waals surface area contributed by atoms with E-state index < -0.39 is 0 Å². The van der Waals surface area contributed by atoms with Gasteiger partial charge in [-0.1, -0.05) is 13.8 Å². The molecule has 0 aliphatic carbocycles. The van der Waals surface area contributed by atoms with Gasteiger partial charge in [-0.25, -0.2) is 0 Å². The standard InChI is InChI=1S/C11H20BrN3/c1-4-5-15-11(10(12)7-14-15)8(2)6-9(3)13/h7-9H,4-6,13H2,1-3H3. The Morgan fingerprint density at radius 1 is 1.53 bits per heavy atom. The summed E-state index contributed by atoms with van der Waals surface area (Å²) in [7, 11) is 0. The minimum Gasteiger partial charge on any atom is -0.328 e. The molecule has 1 rings (SSSR count). The summed E-state index contributed by atoms with van der Waals surface area (Å²) in [5, 5.41) is 4.36. The Labute approximate surface area is 100 Å². The predicted octanol–water partition coefficient (Wildman–Crippen LogP) is 2.90.